The van der Waals surface area contributed by atoms with E-state index in [1.54, 1.807) is 24.3 Å². The van der Waals surface area contributed by atoms with Gasteiger partial charge in [-0.1, -0.05) is 46.5 Å². The average Bonchev–Trinajstić information content (AvgIpc) is 2.50. The highest BCUT2D eigenvalue weighted by Crippen LogP contribution is 2.38. The van der Waals surface area contributed by atoms with Crippen LogP contribution in [-0.2, 0) is 9.26 Å². The number of hydroxylamine groups is 1. The normalized spacial score (nSPS) is 12.4. The van der Waals surface area contributed by atoms with Gasteiger partial charge in [0.1, 0.15) is 0 Å². The van der Waals surface area contributed by atoms with E-state index in [4.69, 9.17) is 14.5 Å². The second-order valence-corrected chi connectivity index (χ2v) is 19.6. The molecule has 0 saturated carbocycles. The first-order valence-electron chi connectivity index (χ1n) is 8.93. The molecule has 0 saturated heterocycles. The molecular formula is C19H32N2O3Si2. The molecule has 0 heterocycles. The van der Waals surface area contributed by atoms with E-state index in [1.165, 1.54) is 5.06 Å². The summed E-state index contributed by atoms with van der Waals surface area (Å²) in [5, 5.41) is 10.3. The van der Waals surface area contributed by atoms with Crippen molar-refractivity contribution in [2.24, 2.45) is 0 Å². The van der Waals surface area contributed by atoms with E-state index in [1.807, 2.05) is 0 Å². The molecule has 0 aliphatic heterocycles. The van der Waals surface area contributed by atoms with Gasteiger partial charge in [0.25, 0.3) is 0 Å². The first kappa shape index (κ1) is 22.4. The Hall–Kier alpha value is -1.63. The maximum atomic E-state index is 12.8. The second kappa shape index (κ2) is 8.38. The first-order valence-corrected chi connectivity index (χ1v) is 15.5. The SMILES string of the molecule is CC(C)(C)[Si](C)(C)ON(C(=O)OCC[Si](C)(C)C)c1cccc(C#N)c1. The van der Waals surface area contributed by atoms with E-state index >= 15 is 0 Å². The molecule has 1 rings (SSSR count). The van der Waals surface area contributed by atoms with Gasteiger partial charge in [-0.2, -0.15) is 10.3 Å². The number of hydrogen-bond acceptors (Lipinski definition) is 4. The Morgan fingerprint density at radius 1 is 1.19 bits per heavy atom. The van der Waals surface area contributed by atoms with Gasteiger partial charge in [0.15, 0.2) is 0 Å². The molecule has 0 unspecified atom stereocenters. The Morgan fingerprint density at radius 3 is 2.31 bits per heavy atom. The van der Waals surface area contributed by atoms with Gasteiger partial charge in [0.05, 0.1) is 23.9 Å². The standard InChI is InChI=1S/C19H32N2O3Si2/c1-19(2,3)26(7,8)24-21(17-11-9-10-16(14-17)15-20)18(22)23-12-13-25(4,5)6/h9-11,14H,12-13H2,1-8H3. The molecule has 5 nitrogen and oxygen atoms in total. The number of nitriles is 1. The van der Waals surface area contributed by atoms with Crippen molar-refractivity contribution in [1.82, 2.24) is 0 Å². The molecular weight excluding hydrogens is 360 g/mol. The van der Waals surface area contributed by atoms with E-state index in [0.29, 0.717) is 17.9 Å². The molecule has 1 aromatic carbocycles. The number of ether oxygens (including phenoxy) is 1. The Bertz CT molecular complexity index is 671. The Morgan fingerprint density at radius 2 is 1.81 bits per heavy atom. The van der Waals surface area contributed by atoms with Gasteiger partial charge in [0.2, 0.25) is 8.32 Å². The predicted molar refractivity (Wildman–Crippen MR) is 111 cm³/mol. The summed E-state index contributed by atoms with van der Waals surface area (Å²) >= 11 is 0. The molecule has 144 valence electrons. The number of benzene rings is 1. The van der Waals surface area contributed by atoms with Crippen molar-refractivity contribution in [2.45, 2.75) is 64.6 Å². The van der Waals surface area contributed by atoms with Crippen LogP contribution in [0.25, 0.3) is 0 Å². The Kier molecular flexibility index (Phi) is 7.22. The number of carbonyl (C=O) groups is 1. The van der Waals surface area contributed by atoms with Gasteiger partial charge < -0.3 is 9.26 Å². The van der Waals surface area contributed by atoms with Crippen LogP contribution in [0.5, 0.6) is 0 Å². The molecule has 1 aromatic rings. The van der Waals surface area contributed by atoms with Crippen LogP contribution in [0.1, 0.15) is 26.3 Å². The summed E-state index contributed by atoms with van der Waals surface area (Å²) in [4.78, 5) is 12.8. The second-order valence-electron chi connectivity index (χ2n) is 9.23. The molecule has 0 aromatic heterocycles. The fourth-order valence-electron chi connectivity index (χ4n) is 1.77. The molecule has 0 spiro atoms. The fourth-order valence-corrected chi connectivity index (χ4v) is 3.39. The van der Waals surface area contributed by atoms with Gasteiger partial charge in [-0.25, -0.2) is 4.79 Å². The summed E-state index contributed by atoms with van der Waals surface area (Å²) < 4.78 is 11.7. The summed E-state index contributed by atoms with van der Waals surface area (Å²) in [6, 6.07) is 9.84. The molecule has 7 heteroatoms. The zero-order chi connectivity index (χ0) is 20.2. The molecule has 1 amide bonds. The van der Waals surface area contributed by atoms with Gasteiger partial charge in [-0.05, 0) is 42.4 Å². The third-order valence-corrected chi connectivity index (χ3v) is 10.5. The van der Waals surface area contributed by atoms with Crippen LogP contribution in [0.4, 0.5) is 10.5 Å². The van der Waals surface area contributed by atoms with Crippen LogP contribution in [0.2, 0.25) is 43.8 Å². The molecule has 0 N–H and O–H groups in total. The van der Waals surface area contributed by atoms with Gasteiger partial charge >= 0.3 is 6.09 Å². The van der Waals surface area contributed by atoms with E-state index < -0.39 is 22.5 Å². The zero-order valence-electron chi connectivity index (χ0n) is 17.3. The summed E-state index contributed by atoms with van der Waals surface area (Å²) in [5.41, 5.74) is 0.994. The number of nitrogens with zero attached hydrogens (tertiary/aromatic N) is 2. The minimum atomic E-state index is -2.27. The van der Waals surface area contributed by atoms with E-state index in [9.17, 15) is 4.79 Å². The van der Waals surface area contributed by atoms with Crippen LogP contribution in [0, 0.1) is 11.3 Å². The van der Waals surface area contributed by atoms with Gasteiger partial charge in [0, 0.05) is 8.07 Å². The Balaban J connectivity index is 3.09. The molecule has 0 atom stereocenters. The highest BCUT2D eigenvalue weighted by atomic mass is 28.4. The lowest BCUT2D eigenvalue weighted by Gasteiger charge is -2.39. The van der Waals surface area contributed by atoms with E-state index in [-0.39, 0.29) is 5.04 Å². The van der Waals surface area contributed by atoms with Crippen molar-refractivity contribution in [1.29, 1.82) is 5.26 Å². The topological polar surface area (TPSA) is 62.6 Å². The predicted octanol–water partition coefficient (Wildman–Crippen LogP) is 5.78. The van der Waals surface area contributed by atoms with Gasteiger partial charge in [-0.15, -0.1) is 0 Å². The lowest BCUT2D eigenvalue weighted by Crippen LogP contribution is -2.49. The maximum absolute atomic E-state index is 12.8. The molecule has 0 fully saturated rings. The summed E-state index contributed by atoms with van der Waals surface area (Å²) in [6.07, 6.45) is -0.525. The highest BCUT2D eigenvalue weighted by Gasteiger charge is 2.41. The monoisotopic (exact) mass is 392 g/mol. The number of amides is 1. The minimum absolute atomic E-state index is 0.0727. The van der Waals surface area contributed by atoms with Crippen molar-refractivity contribution < 1.29 is 14.1 Å². The molecule has 0 bridgehead atoms. The van der Waals surface area contributed by atoms with E-state index in [2.05, 4.69) is 59.6 Å². The smallest absolute Gasteiger partial charge is 0.437 e. The number of hydrogen-bond donors (Lipinski definition) is 0. The summed E-state index contributed by atoms with van der Waals surface area (Å²) in [7, 11) is -3.57. The zero-order valence-corrected chi connectivity index (χ0v) is 19.3. The molecule has 0 radical (unpaired) electrons. The fraction of sp³-hybridized carbons (Fsp3) is 0.579. The largest absolute Gasteiger partial charge is 0.448 e. The average molecular weight is 393 g/mol. The highest BCUT2D eigenvalue weighted by molar-refractivity contribution is 6.76. The number of carbonyl (C=O) groups excluding carboxylic acids is 1. The van der Waals surface area contributed by atoms with Crippen LogP contribution < -0.4 is 5.06 Å². The van der Waals surface area contributed by atoms with Crippen molar-refractivity contribution in [2.75, 3.05) is 11.7 Å². The quantitative estimate of drug-likeness (QED) is 0.455. The summed E-state index contributed by atoms with van der Waals surface area (Å²) in [5.74, 6) is 0. The third kappa shape index (κ3) is 6.59. The van der Waals surface area contributed by atoms with Crippen molar-refractivity contribution in [3.05, 3.63) is 29.8 Å². The third-order valence-electron chi connectivity index (χ3n) is 4.58. The minimum Gasteiger partial charge on any atom is -0.448 e. The lowest BCUT2D eigenvalue weighted by atomic mass is 10.2. The molecule has 26 heavy (non-hydrogen) atoms. The van der Waals surface area contributed by atoms with Crippen LogP contribution in [0.3, 0.4) is 0 Å². The van der Waals surface area contributed by atoms with Crippen molar-refractivity contribution >= 4 is 28.2 Å². The van der Waals surface area contributed by atoms with Crippen molar-refractivity contribution in [3.63, 3.8) is 0 Å². The van der Waals surface area contributed by atoms with Crippen molar-refractivity contribution in [3.8, 4) is 6.07 Å². The van der Waals surface area contributed by atoms with Crippen LogP contribution >= 0.6 is 0 Å². The number of anilines is 1. The van der Waals surface area contributed by atoms with Crippen LogP contribution in [0.15, 0.2) is 24.3 Å². The lowest BCUT2D eigenvalue weighted by molar-refractivity contribution is 0.127. The summed E-state index contributed by atoms with van der Waals surface area (Å²) in [6.45, 7) is 17.6. The molecule has 0 aliphatic carbocycles. The first-order chi connectivity index (χ1) is 11.8. The Labute approximate surface area is 160 Å². The van der Waals surface area contributed by atoms with E-state index in [0.717, 1.165) is 6.04 Å². The van der Waals surface area contributed by atoms with Gasteiger partial charge in [-0.3, -0.25) is 0 Å². The molecule has 0 aliphatic rings. The van der Waals surface area contributed by atoms with Crippen LogP contribution in [-0.4, -0.2) is 29.1 Å². The maximum Gasteiger partial charge on any atom is 0.437 e. The number of rotatable bonds is 6.